The minimum Gasteiger partial charge on any atom is -0.322 e. The van der Waals surface area contributed by atoms with E-state index in [0.29, 0.717) is 5.57 Å². The summed E-state index contributed by atoms with van der Waals surface area (Å²) in [4.78, 5) is 11.6. The Labute approximate surface area is 101 Å². The summed E-state index contributed by atoms with van der Waals surface area (Å²) in [6.45, 7) is 7.38. The molecule has 2 aromatic rings. The first-order valence-electron chi connectivity index (χ1n) is 5.54. The van der Waals surface area contributed by atoms with Crippen LogP contribution in [0.15, 0.2) is 48.6 Å². The fraction of sp³-hybridized carbons (Fsp3) is 0.133. The highest BCUT2D eigenvalue weighted by Gasteiger charge is 2.05. The number of aryl methyl sites for hydroxylation is 1. The monoisotopic (exact) mass is 225 g/mol. The number of hydrogen-bond acceptors (Lipinski definition) is 1. The third kappa shape index (κ3) is 2.36. The molecule has 2 heteroatoms. The minimum absolute atomic E-state index is 0.140. The fourth-order valence-electron chi connectivity index (χ4n) is 1.72. The number of anilines is 1. The summed E-state index contributed by atoms with van der Waals surface area (Å²) in [5.74, 6) is -0.140. The molecule has 0 unspecified atom stereocenters. The number of nitrogens with one attached hydrogen (secondary N) is 1. The van der Waals surface area contributed by atoms with Crippen LogP contribution in [0.1, 0.15) is 12.5 Å². The van der Waals surface area contributed by atoms with E-state index in [4.69, 9.17) is 0 Å². The van der Waals surface area contributed by atoms with Crippen LogP contribution in [-0.2, 0) is 4.79 Å². The maximum Gasteiger partial charge on any atom is 0.250 e. The molecular formula is C15H15NO. The Balaban J connectivity index is 2.50. The van der Waals surface area contributed by atoms with Crippen molar-refractivity contribution >= 4 is 22.4 Å². The van der Waals surface area contributed by atoms with Gasteiger partial charge in [0.15, 0.2) is 0 Å². The highest BCUT2D eigenvalue weighted by Crippen LogP contribution is 2.24. The van der Waals surface area contributed by atoms with Gasteiger partial charge in [-0.25, -0.2) is 0 Å². The van der Waals surface area contributed by atoms with Gasteiger partial charge in [0.2, 0.25) is 0 Å². The van der Waals surface area contributed by atoms with Crippen molar-refractivity contribution in [3.05, 3.63) is 54.1 Å². The number of rotatable bonds is 2. The maximum atomic E-state index is 11.6. The zero-order valence-corrected chi connectivity index (χ0v) is 10.1. The lowest BCUT2D eigenvalue weighted by Gasteiger charge is -2.09. The van der Waals surface area contributed by atoms with E-state index in [0.717, 1.165) is 16.5 Å². The van der Waals surface area contributed by atoms with Crippen LogP contribution >= 0.6 is 0 Å². The van der Waals surface area contributed by atoms with Gasteiger partial charge in [0.1, 0.15) is 0 Å². The summed E-state index contributed by atoms with van der Waals surface area (Å²) in [6.07, 6.45) is 0. The van der Waals surface area contributed by atoms with Crippen molar-refractivity contribution in [1.82, 2.24) is 0 Å². The van der Waals surface area contributed by atoms with Gasteiger partial charge in [0.25, 0.3) is 5.91 Å². The first-order chi connectivity index (χ1) is 8.08. The lowest BCUT2D eigenvalue weighted by Crippen LogP contribution is -2.11. The zero-order chi connectivity index (χ0) is 12.4. The molecule has 0 saturated carbocycles. The smallest absolute Gasteiger partial charge is 0.250 e. The van der Waals surface area contributed by atoms with E-state index in [1.54, 1.807) is 6.92 Å². The highest BCUT2D eigenvalue weighted by atomic mass is 16.1. The van der Waals surface area contributed by atoms with E-state index in [-0.39, 0.29) is 5.91 Å². The topological polar surface area (TPSA) is 29.1 Å². The van der Waals surface area contributed by atoms with Gasteiger partial charge in [-0.1, -0.05) is 36.4 Å². The summed E-state index contributed by atoms with van der Waals surface area (Å²) >= 11 is 0. The Bertz CT molecular complexity index is 599. The lowest BCUT2D eigenvalue weighted by molar-refractivity contribution is -0.112. The molecule has 0 bridgehead atoms. The zero-order valence-electron chi connectivity index (χ0n) is 10.1. The van der Waals surface area contributed by atoms with Crippen LogP contribution in [0.2, 0.25) is 0 Å². The molecule has 0 aliphatic rings. The van der Waals surface area contributed by atoms with Gasteiger partial charge in [-0.2, -0.15) is 0 Å². The van der Waals surface area contributed by atoms with Crippen LogP contribution in [0.3, 0.4) is 0 Å². The van der Waals surface area contributed by atoms with E-state index < -0.39 is 0 Å². The van der Waals surface area contributed by atoms with Crippen LogP contribution < -0.4 is 5.32 Å². The van der Waals surface area contributed by atoms with Crippen LogP contribution in [-0.4, -0.2) is 5.91 Å². The van der Waals surface area contributed by atoms with Gasteiger partial charge in [-0.05, 0) is 31.4 Å². The predicted molar refractivity (Wildman–Crippen MR) is 72.1 cm³/mol. The molecule has 0 radical (unpaired) electrons. The minimum atomic E-state index is -0.140. The highest BCUT2D eigenvalue weighted by molar-refractivity contribution is 6.08. The number of benzene rings is 2. The van der Waals surface area contributed by atoms with Gasteiger partial charge in [-0.15, -0.1) is 0 Å². The van der Waals surface area contributed by atoms with Gasteiger partial charge in [0, 0.05) is 16.6 Å². The molecule has 86 valence electrons. The molecule has 0 aliphatic heterocycles. The van der Waals surface area contributed by atoms with Crippen molar-refractivity contribution in [2.75, 3.05) is 5.32 Å². The van der Waals surface area contributed by atoms with Gasteiger partial charge in [0.05, 0.1) is 0 Å². The molecule has 0 atom stereocenters. The first kappa shape index (κ1) is 11.4. The van der Waals surface area contributed by atoms with E-state index in [1.807, 2.05) is 25.1 Å². The van der Waals surface area contributed by atoms with E-state index in [1.165, 1.54) is 5.56 Å². The standard InChI is InChI=1S/C15H15NO/c1-10(2)15(17)16-14-6-4-5-12-8-7-11(3)9-13(12)14/h4-9H,1H2,2-3H3,(H,16,17). The molecule has 0 aliphatic carbocycles. The number of carbonyl (C=O) groups excluding carboxylic acids is 1. The second-order valence-corrected chi connectivity index (χ2v) is 4.26. The summed E-state index contributed by atoms with van der Waals surface area (Å²) in [5.41, 5.74) is 2.52. The molecule has 2 aromatic carbocycles. The molecule has 2 nitrogen and oxygen atoms in total. The summed E-state index contributed by atoms with van der Waals surface area (Å²) in [5, 5.41) is 5.05. The fourth-order valence-corrected chi connectivity index (χ4v) is 1.72. The van der Waals surface area contributed by atoms with Crippen molar-refractivity contribution in [2.24, 2.45) is 0 Å². The SMILES string of the molecule is C=C(C)C(=O)Nc1cccc2ccc(C)cc12. The van der Waals surface area contributed by atoms with Crippen molar-refractivity contribution in [3.8, 4) is 0 Å². The van der Waals surface area contributed by atoms with Crippen LogP contribution in [0.25, 0.3) is 10.8 Å². The molecule has 0 heterocycles. The number of amides is 1. The summed E-state index contributed by atoms with van der Waals surface area (Å²) in [6, 6.07) is 12.1. The molecule has 0 saturated heterocycles. The van der Waals surface area contributed by atoms with Crippen molar-refractivity contribution in [3.63, 3.8) is 0 Å². The van der Waals surface area contributed by atoms with Gasteiger partial charge >= 0.3 is 0 Å². The van der Waals surface area contributed by atoms with Gasteiger partial charge < -0.3 is 5.32 Å². The average Bonchev–Trinajstić information content (AvgIpc) is 2.29. The Morgan fingerprint density at radius 2 is 2.00 bits per heavy atom. The van der Waals surface area contributed by atoms with Crippen LogP contribution in [0.5, 0.6) is 0 Å². The molecular weight excluding hydrogens is 210 g/mol. The normalized spacial score (nSPS) is 10.2. The Morgan fingerprint density at radius 1 is 1.24 bits per heavy atom. The number of fused-ring (bicyclic) bond motifs is 1. The molecule has 0 spiro atoms. The quantitative estimate of drug-likeness (QED) is 0.776. The summed E-state index contributed by atoms with van der Waals surface area (Å²) < 4.78 is 0. The second kappa shape index (κ2) is 4.42. The average molecular weight is 225 g/mol. The third-order valence-corrected chi connectivity index (χ3v) is 2.67. The van der Waals surface area contributed by atoms with Crippen molar-refractivity contribution in [1.29, 1.82) is 0 Å². The van der Waals surface area contributed by atoms with Gasteiger partial charge in [-0.3, -0.25) is 4.79 Å². The molecule has 0 aromatic heterocycles. The third-order valence-electron chi connectivity index (χ3n) is 2.67. The van der Waals surface area contributed by atoms with E-state index >= 15 is 0 Å². The van der Waals surface area contributed by atoms with E-state index in [9.17, 15) is 4.79 Å². The van der Waals surface area contributed by atoms with Crippen LogP contribution in [0, 0.1) is 6.92 Å². The molecule has 1 amide bonds. The Morgan fingerprint density at radius 3 is 2.71 bits per heavy atom. The predicted octanol–water partition coefficient (Wildman–Crippen LogP) is 3.66. The molecule has 0 fully saturated rings. The first-order valence-corrected chi connectivity index (χ1v) is 5.54. The van der Waals surface area contributed by atoms with E-state index in [2.05, 4.69) is 30.1 Å². The largest absolute Gasteiger partial charge is 0.322 e. The maximum absolute atomic E-state index is 11.6. The number of hydrogen-bond donors (Lipinski definition) is 1. The summed E-state index contributed by atoms with van der Waals surface area (Å²) in [7, 11) is 0. The van der Waals surface area contributed by atoms with Crippen molar-refractivity contribution in [2.45, 2.75) is 13.8 Å². The lowest BCUT2D eigenvalue weighted by atomic mass is 10.1. The van der Waals surface area contributed by atoms with Crippen LogP contribution in [0.4, 0.5) is 5.69 Å². The Kier molecular flexibility index (Phi) is 2.96. The Hall–Kier alpha value is -2.09. The van der Waals surface area contributed by atoms with Crippen molar-refractivity contribution < 1.29 is 4.79 Å². The number of carbonyl (C=O) groups is 1. The molecule has 17 heavy (non-hydrogen) atoms. The molecule has 2 rings (SSSR count). The second-order valence-electron chi connectivity index (χ2n) is 4.26. The molecule has 1 N–H and O–H groups in total.